The van der Waals surface area contributed by atoms with Crippen LogP contribution < -0.4 is 4.90 Å². The van der Waals surface area contributed by atoms with Crippen LogP contribution in [0.5, 0.6) is 0 Å². The average molecular weight is 207 g/mol. The smallest absolute Gasteiger partial charge is 0.147 e. The lowest BCUT2D eigenvalue weighted by atomic mass is 10.3. The van der Waals surface area contributed by atoms with Crippen molar-refractivity contribution >= 4 is 5.82 Å². The predicted molar refractivity (Wildman–Crippen MR) is 58.6 cm³/mol. The van der Waals surface area contributed by atoms with Crippen molar-refractivity contribution < 1.29 is 5.11 Å². The third-order valence-electron chi connectivity index (χ3n) is 2.71. The molecule has 1 aromatic heterocycles. The van der Waals surface area contributed by atoms with E-state index in [2.05, 4.69) is 21.8 Å². The highest BCUT2D eigenvalue weighted by molar-refractivity contribution is 5.36. The molecular formula is C11H17N3O. The lowest BCUT2D eigenvalue weighted by Gasteiger charge is -2.21. The molecule has 2 rings (SSSR count). The van der Waals surface area contributed by atoms with E-state index in [1.54, 1.807) is 12.4 Å². The van der Waals surface area contributed by atoms with Crippen LogP contribution in [0, 0.1) is 5.92 Å². The van der Waals surface area contributed by atoms with Crippen LogP contribution in [-0.2, 0) is 6.61 Å². The Bertz CT molecular complexity index is 325. The molecule has 0 bridgehead atoms. The second kappa shape index (κ2) is 4.57. The highest BCUT2D eigenvalue weighted by Gasteiger charge is 2.24. The van der Waals surface area contributed by atoms with Crippen LogP contribution in [0.3, 0.4) is 0 Å². The monoisotopic (exact) mass is 207 g/mol. The number of aliphatic hydroxyl groups excluding tert-OH is 1. The molecule has 1 aliphatic rings. The molecule has 0 aromatic carbocycles. The maximum atomic E-state index is 8.99. The summed E-state index contributed by atoms with van der Waals surface area (Å²) < 4.78 is 0. The van der Waals surface area contributed by atoms with E-state index >= 15 is 0 Å². The van der Waals surface area contributed by atoms with Gasteiger partial charge >= 0.3 is 0 Å². The maximum Gasteiger partial charge on any atom is 0.147 e. The summed E-state index contributed by atoms with van der Waals surface area (Å²) in [5.74, 6) is 1.72. The largest absolute Gasteiger partial charge is 0.390 e. The van der Waals surface area contributed by atoms with Gasteiger partial charge in [-0.1, -0.05) is 0 Å². The highest BCUT2D eigenvalue weighted by atomic mass is 16.3. The van der Waals surface area contributed by atoms with Gasteiger partial charge in [0.05, 0.1) is 24.7 Å². The molecule has 0 amide bonds. The Labute approximate surface area is 90.0 Å². The fourth-order valence-electron chi connectivity index (χ4n) is 1.62. The summed E-state index contributed by atoms with van der Waals surface area (Å²) >= 11 is 0. The van der Waals surface area contributed by atoms with Crippen molar-refractivity contribution in [3.63, 3.8) is 0 Å². The summed E-state index contributed by atoms with van der Waals surface area (Å²) in [6.45, 7) is 4.09. The summed E-state index contributed by atoms with van der Waals surface area (Å²) in [5.41, 5.74) is 0.641. The number of anilines is 1. The van der Waals surface area contributed by atoms with Crippen molar-refractivity contribution in [2.24, 2.45) is 5.92 Å². The molecule has 1 N–H and O–H groups in total. The zero-order valence-corrected chi connectivity index (χ0v) is 9.06. The molecule has 0 aliphatic heterocycles. The minimum absolute atomic E-state index is 0.0399. The first-order valence-electron chi connectivity index (χ1n) is 5.50. The van der Waals surface area contributed by atoms with Crippen molar-refractivity contribution in [2.75, 3.05) is 18.0 Å². The van der Waals surface area contributed by atoms with E-state index in [-0.39, 0.29) is 6.61 Å². The lowest BCUT2D eigenvalue weighted by Crippen LogP contribution is -2.26. The quantitative estimate of drug-likeness (QED) is 0.788. The van der Waals surface area contributed by atoms with E-state index in [1.165, 1.54) is 12.8 Å². The van der Waals surface area contributed by atoms with Gasteiger partial charge in [0.25, 0.3) is 0 Å². The van der Waals surface area contributed by atoms with Gasteiger partial charge in [0.2, 0.25) is 0 Å². The second-order valence-electron chi connectivity index (χ2n) is 4.01. The molecule has 1 fully saturated rings. The highest BCUT2D eigenvalue weighted by Crippen LogP contribution is 2.30. The van der Waals surface area contributed by atoms with Crippen LogP contribution >= 0.6 is 0 Å². The molecular weight excluding hydrogens is 190 g/mol. The van der Waals surface area contributed by atoms with Crippen molar-refractivity contribution in [3.8, 4) is 0 Å². The molecule has 0 atom stereocenters. The molecule has 0 saturated heterocycles. The Kier molecular flexibility index (Phi) is 3.16. The van der Waals surface area contributed by atoms with Crippen LogP contribution in [0.1, 0.15) is 25.5 Å². The molecule has 1 aliphatic carbocycles. The first kappa shape index (κ1) is 10.4. The van der Waals surface area contributed by atoms with Crippen LogP contribution in [0.2, 0.25) is 0 Å². The molecule has 15 heavy (non-hydrogen) atoms. The summed E-state index contributed by atoms with van der Waals surface area (Å²) in [6.07, 6.45) is 6.05. The van der Waals surface area contributed by atoms with Gasteiger partial charge in [-0.25, -0.2) is 4.98 Å². The van der Waals surface area contributed by atoms with Gasteiger partial charge in [0.15, 0.2) is 0 Å². The minimum atomic E-state index is -0.0399. The topological polar surface area (TPSA) is 49.2 Å². The zero-order valence-electron chi connectivity index (χ0n) is 9.06. The van der Waals surface area contributed by atoms with Gasteiger partial charge in [-0.15, -0.1) is 0 Å². The van der Waals surface area contributed by atoms with E-state index in [1.807, 2.05) is 0 Å². The number of rotatable bonds is 5. The van der Waals surface area contributed by atoms with Gasteiger partial charge in [-0.3, -0.25) is 4.98 Å². The normalized spacial score (nSPS) is 15.3. The molecule has 1 heterocycles. The van der Waals surface area contributed by atoms with E-state index in [0.717, 1.165) is 24.8 Å². The van der Waals surface area contributed by atoms with Crippen LogP contribution in [0.25, 0.3) is 0 Å². The SMILES string of the molecule is CCN(CC1CC1)c1cncc(CO)n1. The predicted octanol–water partition coefficient (Wildman–Crippen LogP) is 1.21. The third-order valence-corrected chi connectivity index (χ3v) is 2.71. The second-order valence-corrected chi connectivity index (χ2v) is 4.01. The average Bonchev–Trinajstić information content (AvgIpc) is 3.10. The number of aliphatic hydroxyl groups is 1. The molecule has 4 heteroatoms. The number of hydrogen-bond acceptors (Lipinski definition) is 4. The minimum Gasteiger partial charge on any atom is -0.390 e. The molecule has 1 saturated carbocycles. The maximum absolute atomic E-state index is 8.99. The van der Waals surface area contributed by atoms with Crippen molar-refractivity contribution in [3.05, 3.63) is 18.1 Å². The fraction of sp³-hybridized carbons (Fsp3) is 0.636. The van der Waals surface area contributed by atoms with Gasteiger partial charge in [0.1, 0.15) is 5.82 Å². The fourth-order valence-corrected chi connectivity index (χ4v) is 1.62. The Morgan fingerprint density at radius 2 is 2.27 bits per heavy atom. The summed E-state index contributed by atoms with van der Waals surface area (Å²) in [5, 5.41) is 8.99. The van der Waals surface area contributed by atoms with Crippen LogP contribution in [-0.4, -0.2) is 28.2 Å². The van der Waals surface area contributed by atoms with Crippen molar-refractivity contribution in [1.82, 2.24) is 9.97 Å². The molecule has 1 aromatic rings. The van der Waals surface area contributed by atoms with Gasteiger partial charge in [0, 0.05) is 13.1 Å². The first-order valence-corrected chi connectivity index (χ1v) is 5.50. The summed E-state index contributed by atoms with van der Waals surface area (Å²) in [7, 11) is 0. The van der Waals surface area contributed by atoms with Crippen molar-refractivity contribution in [1.29, 1.82) is 0 Å². The molecule has 0 unspecified atom stereocenters. The van der Waals surface area contributed by atoms with E-state index in [0.29, 0.717) is 5.69 Å². The molecule has 4 nitrogen and oxygen atoms in total. The van der Waals surface area contributed by atoms with Crippen LogP contribution in [0.4, 0.5) is 5.82 Å². The summed E-state index contributed by atoms with van der Waals surface area (Å²) in [6, 6.07) is 0. The number of nitrogens with zero attached hydrogens (tertiary/aromatic N) is 3. The van der Waals surface area contributed by atoms with Gasteiger partial charge in [-0.05, 0) is 25.7 Å². The Morgan fingerprint density at radius 1 is 1.47 bits per heavy atom. The Morgan fingerprint density at radius 3 is 2.87 bits per heavy atom. The lowest BCUT2D eigenvalue weighted by molar-refractivity contribution is 0.276. The Balaban J connectivity index is 2.09. The van der Waals surface area contributed by atoms with E-state index < -0.39 is 0 Å². The van der Waals surface area contributed by atoms with E-state index in [4.69, 9.17) is 5.11 Å². The zero-order chi connectivity index (χ0) is 10.7. The number of hydrogen-bond donors (Lipinski definition) is 1. The summed E-state index contributed by atoms with van der Waals surface area (Å²) in [4.78, 5) is 10.7. The molecule has 82 valence electrons. The number of aromatic nitrogens is 2. The molecule has 0 radical (unpaired) electrons. The van der Waals surface area contributed by atoms with Crippen LogP contribution in [0.15, 0.2) is 12.4 Å². The van der Waals surface area contributed by atoms with E-state index in [9.17, 15) is 0 Å². The van der Waals surface area contributed by atoms with Gasteiger partial charge < -0.3 is 10.0 Å². The van der Waals surface area contributed by atoms with Crippen molar-refractivity contribution in [2.45, 2.75) is 26.4 Å². The van der Waals surface area contributed by atoms with Gasteiger partial charge in [-0.2, -0.15) is 0 Å². The molecule has 0 spiro atoms. The first-order chi connectivity index (χ1) is 7.33. The standard InChI is InChI=1S/C11H17N3O/c1-2-14(7-9-3-4-9)11-6-12-5-10(8-15)13-11/h5-6,9,15H,2-4,7-8H2,1H3. The Hall–Kier alpha value is -1.16. The third kappa shape index (κ3) is 2.65.